The number of phenolic OH excluding ortho intramolecular Hbond substituents is 1. The summed E-state index contributed by atoms with van der Waals surface area (Å²) in [5.74, 6) is 1.98. The lowest BCUT2D eigenvalue weighted by Gasteiger charge is -2.19. The quantitative estimate of drug-likeness (QED) is 0.376. The predicted molar refractivity (Wildman–Crippen MR) is 124 cm³/mol. The molecule has 1 atom stereocenters. The number of anilines is 3. The van der Waals surface area contributed by atoms with Gasteiger partial charge in [0.2, 0.25) is 10.0 Å². The Labute approximate surface area is 195 Å². The molecule has 0 unspecified atom stereocenters. The molecule has 2 aromatic heterocycles. The number of benzene rings is 1. The molecule has 172 valence electrons. The monoisotopic (exact) mass is 497 g/mol. The summed E-state index contributed by atoms with van der Waals surface area (Å²) in [4.78, 5) is -0.232. The minimum atomic E-state index is -3.86. The lowest BCUT2D eigenvalue weighted by Crippen LogP contribution is -2.28. The largest absolute Gasteiger partial charge is 0.504 e. The van der Waals surface area contributed by atoms with Crippen molar-refractivity contribution in [3.05, 3.63) is 40.8 Å². The number of sulfonamides is 1. The van der Waals surface area contributed by atoms with Gasteiger partial charge in [0.05, 0.1) is 23.5 Å². The maximum Gasteiger partial charge on any atom is 0.246 e. The Hall–Kier alpha value is -2.34. The molecule has 0 aliphatic carbocycles. The first-order valence-electron chi connectivity index (χ1n) is 10.2. The Bertz CT molecular complexity index is 1200. The van der Waals surface area contributed by atoms with Crippen molar-refractivity contribution in [3.63, 3.8) is 0 Å². The zero-order valence-corrected chi connectivity index (χ0v) is 20.0. The predicted octanol–water partition coefficient (Wildman–Crippen LogP) is 4.89. The number of hydrogen-bond donors (Lipinski definition) is 3. The van der Waals surface area contributed by atoms with Gasteiger partial charge < -0.3 is 20.2 Å². The van der Waals surface area contributed by atoms with Gasteiger partial charge in [-0.25, -0.2) is 8.42 Å². The molecule has 9 nitrogen and oxygen atoms in total. The molecule has 1 fully saturated rings. The molecule has 0 amide bonds. The molecule has 0 bridgehead atoms. The Morgan fingerprint density at radius 1 is 1.25 bits per heavy atom. The van der Waals surface area contributed by atoms with Crippen molar-refractivity contribution in [2.24, 2.45) is 0 Å². The molecule has 0 spiro atoms. The highest BCUT2D eigenvalue weighted by molar-refractivity contribution is 7.89. The van der Waals surface area contributed by atoms with Crippen LogP contribution in [0.1, 0.15) is 43.7 Å². The number of rotatable bonds is 8. The van der Waals surface area contributed by atoms with Crippen molar-refractivity contribution < 1.29 is 17.9 Å². The molecule has 1 aromatic carbocycles. The van der Waals surface area contributed by atoms with Crippen LogP contribution in [-0.4, -0.2) is 39.7 Å². The van der Waals surface area contributed by atoms with Crippen molar-refractivity contribution in [1.82, 2.24) is 13.1 Å². The van der Waals surface area contributed by atoms with Gasteiger partial charge in [-0.05, 0) is 50.5 Å². The number of phenols is 1. The zero-order valence-electron chi connectivity index (χ0n) is 17.6. The van der Waals surface area contributed by atoms with E-state index in [9.17, 15) is 13.5 Å². The molecule has 1 saturated heterocycles. The third-order valence-electron chi connectivity index (χ3n) is 5.29. The number of aryl methyl sites for hydroxylation is 1. The van der Waals surface area contributed by atoms with Crippen LogP contribution < -0.4 is 10.6 Å². The van der Waals surface area contributed by atoms with Crippen LogP contribution >= 0.6 is 23.3 Å². The summed E-state index contributed by atoms with van der Waals surface area (Å²) in [6.07, 6.45) is 2.32. The van der Waals surface area contributed by atoms with Crippen molar-refractivity contribution in [1.29, 1.82) is 0 Å². The van der Waals surface area contributed by atoms with E-state index < -0.39 is 15.8 Å². The summed E-state index contributed by atoms with van der Waals surface area (Å²) < 4.78 is 41.6. The second-order valence-corrected chi connectivity index (χ2v) is 10.4. The van der Waals surface area contributed by atoms with Gasteiger partial charge in [0, 0.05) is 18.1 Å². The fourth-order valence-electron chi connectivity index (χ4n) is 3.61. The molecule has 0 radical (unpaired) electrons. The average Bonchev–Trinajstić information content (AvgIpc) is 3.51. The van der Waals surface area contributed by atoms with Gasteiger partial charge in [-0.1, -0.05) is 18.5 Å². The lowest BCUT2D eigenvalue weighted by atomic mass is 10.2. The third-order valence-corrected chi connectivity index (χ3v) is 7.95. The molecule has 32 heavy (non-hydrogen) atoms. The molecular formula is C20H24ClN5O4S2. The summed E-state index contributed by atoms with van der Waals surface area (Å²) in [5, 5.41) is 17.2. The van der Waals surface area contributed by atoms with E-state index in [0.717, 1.165) is 42.5 Å². The van der Waals surface area contributed by atoms with Crippen LogP contribution in [-0.2, 0) is 10.0 Å². The van der Waals surface area contributed by atoms with E-state index in [1.54, 1.807) is 0 Å². The smallest absolute Gasteiger partial charge is 0.246 e. The summed E-state index contributed by atoms with van der Waals surface area (Å²) in [5.41, 5.74) is 0.132. The van der Waals surface area contributed by atoms with E-state index in [1.165, 1.54) is 16.4 Å². The van der Waals surface area contributed by atoms with Crippen molar-refractivity contribution >= 4 is 50.7 Å². The minimum Gasteiger partial charge on any atom is -0.504 e. The van der Waals surface area contributed by atoms with E-state index in [-0.39, 0.29) is 21.6 Å². The maximum absolute atomic E-state index is 13.0. The zero-order chi connectivity index (χ0) is 22.9. The minimum absolute atomic E-state index is 0.132. The first-order chi connectivity index (χ1) is 15.3. The summed E-state index contributed by atoms with van der Waals surface area (Å²) in [7, 11) is -3.86. The van der Waals surface area contributed by atoms with Gasteiger partial charge in [0.1, 0.15) is 16.4 Å². The molecule has 3 aromatic rings. The van der Waals surface area contributed by atoms with Gasteiger partial charge in [0.25, 0.3) is 0 Å². The number of aromatic nitrogens is 2. The first-order valence-corrected chi connectivity index (χ1v) is 12.8. The highest BCUT2D eigenvalue weighted by atomic mass is 35.5. The average molecular weight is 498 g/mol. The van der Waals surface area contributed by atoms with Gasteiger partial charge in [-0.15, -0.1) is 0 Å². The number of aromatic hydroxyl groups is 1. The van der Waals surface area contributed by atoms with Gasteiger partial charge >= 0.3 is 0 Å². The number of nitrogens with one attached hydrogen (secondary N) is 2. The first kappa shape index (κ1) is 22.8. The van der Waals surface area contributed by atoms with Crippen LogP contribution in [0, 0.1) is 6.92 Å². The van der Waals surface area contributed by atoms with E-state index in [4.69, 9.17) is 16.0 Å². The summed E-state index contributed by atoms with van der Waals surface area (Å²) in [6.45, 7) is 4.74. The summed E-state index contributed by atoms with van der Waals surface area (Å²) >= 11 is 7.19. The third kappa shape index (κ3) is 4.56. The SMILES string of the molecule is CC[C@@H](Nc1nsnc1Nc1cc(Cl)cc(S(=O)(=O)N2CCCC2)c1O)c1ccc(C)o1. The Kier molecular flexibility index (Phi) is 6.61. The number of halogens is 1. The summed E-state index contributed by atoms with van der Waals surface area (Å²) in [6, 6.07) is 6.38. The molecule has 3 heterocycles. The van der Waals surface area contributed by atoms with Gasteiger partial charge in [-0.2, -0.15) is 13.1 Å². The van der Waals surface area contributed by atoms with Gasteiger partial charge in [0.15, 0.2) is 17.4 Å². The fourth-order valence-corrected chi connectivity index (χ4v) is 6.01. The van der Waals surface area contributed by atoms with E-state index in [1.807, 2.05) is 26.0 Å². The maximum atomic E-state index is 13.0. The van der Waals surface area contributed by atoms with Crippen molar-refractivity contribution in [2.75, 3.05) is 23.7 Å². The van der Waals surface area contributed by atoms with Crippen LogP contribution in [0.5, 0.6) is 5.75 Å². The van der Waals surface area contributed by atoms with Crippen LogP contribution in [0.25, 0.3) is 0 Å². The Morgan fingerprint density at radius 2 is 1.97 bits per heavy atom. The normalized spacial score (nSPS) is 15.7. The molecule has 0 saturated carbocycles. The van der Waals surface area contributed by atoms with Crippen LogP contribution in [0.15, 0.2) is 33.6 Å². The van der Waals surface area contributed by atoms with E-state index in [2.05, 4.69) is 19.4 Å². The van der Waals surface area contributed by atoms with Gasteiger partial charge in [-0.3, -0.25) is 0 Å². The van der Waals surface area contributed by atoms with E-state index >= 15 is 0 Å². The Balaban J connectivity index is 1.62. The number of hydrogen-bond acceptors (Lipinski definition) is 9. The lowest BCUT2D eigenvalue weighted by molar-refractivity contribution is 0.445. The number of nitrogens with zero attached hydrogens (tertiary/aromatic N) is 3. The molecule has 1 aliphatic rings. The molecular weight excluding hydrogens is 474 g/mol. The molecule has 12 heteroatoms. The number of furan rings is 1. The van der Waals surface area contributed by atoms with Crippen molar-refractivity contribution in [3.8, 4) is 5.75 Å². The standard InChI is InChI=1S/C20H24ClN5O4S2/c1-3-14(16-7-6-12(2)30-16)22-19-20(25-31-24-19)23-15-10-13(21)11-17(18(15)27)32(28,29)26-8-4-5-9-26/h6-7,10-11,14,27H,3-5,8-9H2,1-2H3,(H,22,24)(H,23,25)/t14-/m1/s1. The van der Waals surface area contributed by atoms with Crippen molar-refractivity contribution in [2.45, 2.75) is 44.0 Å². The van der Waals surface area contributed by atoms with Crippen LogP contribution in [0.3, 0.4) is 0 Å². The highest BCUT2D eigenvalue weighted by Gasteiger charge is 2.31. The highest BCUT2D eigenvalue weighted by Crippen LogP contribution is 2.39. The second-order valence-electron chi connectivity index (χ2n) is 7.55. The second kappa shape index (κ2) is 9.26. The van der Waals surface area contributed by atoms with Crippen LogP contribution in [0.4, 0.5) is 17.3 Å². The van der Waals surface area contributed by atoms with Crippen LogP contribution in [0.2, 0.25) is 5.02 Å². The molecule has 4 rings (SSSR count). The fraction of sp³-hybridized carbons (Fsp3) is 0.400. The van der Waals surface area contributed by atoms with E-state index in [0.29, 0.717) is 24.7 Å². The molecule has 3 N–H and O–H groups in total. The molecule has 1 aliphatic heterocycles. The topological polar surface area (TPSA) is 121 Å². The Morgan fingerprint density at radius 3 is 2.62 bits per heavy atom.